The number of benzene rings is 3. The highest BCUT2D eigenvalue weighted by atomic mass is 32.1. The predicted molar refractivity (Wildman–Crippen MR) is 111 cm³/mol. The molecule has 0 saturated heterocycles. The number of halogens is 1. The maximum atomic E-state index is 13.4. The fraction of sp³-hybridized carbons (Fsp3) is 0. The molecule has 0 atom stereocenters. The Kier molecular flexibility index (Phi) is 5.03. The van der Waals surface area contributed by atoms with Gasteiger partial charge in [0.15, 0.2) is 0 Å². The first kappa shape index (κ1) is 17.1. The fourth-order valence-corrected chi connectivity index (χ4v) is 3.36. The monoisotopic (exact) mass is 373 g/mol. The van der Waals surface area contributed by atoms with E-state index in [1.54, 1.807) is 12.3 Å². The molecule has 0 radical (unpaired) electrons. The molecule has 5 heteroatoms. The Morgan fingerprint density at radius 3 is 2.41 bits per heavy atom. The van der Waals surface area contributed by atoms with Gasteiger partial charge in [0.1, 0.15) is 5.82 Å². The van der Waals surface area contributed by atoms with Gasteiger partial charge in [-0.2, -0.15) is 5.10 Å². The highest BCUT2D eigenvalue weighted by Crippen LogP contribution is 2.24. The minimum absolute atomic E-state index is 0.244. The van der Waals surface area contributed by atoms with Crippen molar-refractivity contribution in [3.63, 3.8) is 0 Å². The fourth-order valence-electron chi connectivity index (χ4n) is 2.70. The van der Waals surface area contributed by atoms with Crippen molar-refractivity contribution in [1.29, 1.82) is 0 Å². The summed E-state index contributed by atoms with van der Waals surface area (Å²) < 4.78 is 13.4. The van der Waals surface area contributed by atoms with Crippen molar-refractivity contribution < 1.29 is 4.39 Å². The molecule has 0 saturated carbocycles. The number of hydrazone groups is 1. The van der Waals surface area contributed by atoms with Gasteiger partial charge in [-0.15, -0.1) is 11.3 Å². The number of nitrogens with one attached hydrogen (secondary N) is 1. The number of anilines is 1. The second-order valence-electron chi connectivity index (χ2n) is 5.91. The van der Waals surface area contributed by atoms with Crippen LogP contribution in [0.2, 0.25) is 0 Å². The van der Waals surface area contributed by atoms with E-state index in [9.17, 15) is 4.39 Å². The second kappa shape index (κ2) is 7.93. The molecule has 0 aliphatic heterocycles. The lowest BCUT2D eigenvalue weighted by Gasteiger charge is -2.03. The average Bonchev–Trinajstić information content (AvgIpc) is 3.18. The summed E-state index contributed by atoms with van der Waals surface area (Å²) in [6, 6.07) is 24.4. The molecule has 3 nitrogen and oxygen atoms in total. The van der Waals surface area contributed by atoms with Crippen LogP contribution in [0.4, 0.5) is 9.52 Å². The average molecular weight is 373 g/mol. The van der Waals surface area contributed by atoms with Gasteiger partial charge in [0.25, 0.3) is 0 Å². The molecule has 0 aliphatic carbocycles. The summed E-state index contributed by atoms with van der Waals surface area (Å²) >= 11 is 1.50. The Balaban J connectivity index is 1.46. The maximum Gasteiger partial charge on any atom is 0.203 e. The summed E-state index contributed by atoms with van der Waals surface area (Å²) in [6.07, 6.45) is 1.73. The van der Waals surface area contributed by atoms with Gasteiger partial charge >= 0.3 is 0 Å². The zero-order valence-corrected chi connectivity index (χ0v) is 15.2. The lowest BCUT2D eigenvalue weighted by atomic mass is 10.0. The number of hydrogen-bond acceptors (Lipinski definition) is 4. The van der Waals surface area contributed by atoms with Gasteiger partial charge in [-0.25, -0.2) is 9.37 Å². The third-order valence-corrected chi connectivity index (χ3v) is 4.74. The van der Waals surface area contributed by atoms with Gasteiger partial charge in [0.2, 0.25) is 5.13 Å². The van der Waals surface area contributed by atoms with Gasteiger partial charge in [-0.3, -0.25) is 5.43 Å². The van der Waals surface area contributed by atoms with Crippen LogP contribution in [0.25, 0.3) is 22.4 Å². The predicted octanol–water partition coefficient (Wildman–Crippen LogP) is 6.06. The second-order valence-corrected chi connectivity index (χ2v) is 6.77. The SMILES string of the molecule is Fc1cccc(-c2cccc(C=NNc3nc(-c4ccccc4)cs3)c2)c1. The lowest BCUT2D eigenvalue weighted by molar-refractivity contribution is 0.628. The van der Waals surface area contributed by atoms with Gasteiger partial charge in [-0.05, 0) is 34.9 Å². The smallest absolute Gasteiger partial charge is 0.203 e. The lowest BCUT2D eigenvalue weighted by Crippen LogP contribution is -1.91. The van der Waals surface area contributed by atoms with E-state index >= 15 is 0 Å². The zero-order chi connectivity index (χ0) is 18.5. The van der Waals surface area contributed by atoms with Crippen LogP contribution in [-0.4, -0.2) is 11.2 Å². The van der Waals surface area contributed by atoms with E-state index in [4.69, 9.17) is 0 Å². The molecule has 0 unspecified atom stereocenters. The van der Waals surface area contributed by atoms with Gasteiger partial charge in [-0.1, -0.05) is 60.7 Å². The van der Waals surface area contributed by atoms with E-state index in [1.807, 2.05) is 66.0 Å². The zero-order valence-electron chi connectivity index (χ0n) is 14.3. The van der Waals surface area contributed by atoms with Crippen molar-refractivity contribution in [2.45, 2.75) is 0 Å². The third-order valence-electron chi connectivity index (χ3n) is 3.99. The van der Waals surface area contributed by atoms with Crippen LogP contribution >= 0.6 is 11.3 Å². The molecule has 27 heavy (non-hydrogen) atoms. The number of rotatable bonds is 5. The van der Waals surface area contributed by atoms with E-state index in [2.05, 4.69) is 15.5 Å². The number of thiazole rings is 1. The summed E-state index contributed by atoms with van der Waals surface area (Å²) in [6.45, 7) is 0. The largest absolute Gasteiger partial charge is 0.253 e. The van der Waals surface area contributed by atoms with Crippen LogP contribution in [0.15, 0.2) is 89.3 Å². The van der Waals surface area contributed by atoms with Gasteiger partial charge in [0, 0.05) is 10.9 Å². The first-order valence-corrected chi connectivity index (χ1v) is 9.32. The van der Waals surface area contributed by atoms with E-state index in [-0.39, 0.29) is 5.82 Å². The van der Waals surface area contributed by atoms with E-state index in [1.165, 1.54) is 23.5 Å². The molecule has 3 aromatic carbocycles. The maximum absolute atomic E-state index is 13.4. The van der Waals surface area contributed by atoms with Crippen LogP contribution < -0.4 is 5.43 Å². The molecular formula is C22H16FN3S. The van der Waals surface area contributed by atoms with E-state index in [0.717, 1.165) is 33.1 Å². The molecule has 1 heterocycles. The molecule has 1 N–H and O–H groups in total. The molecular weight excluding hydrogens is 357 g/mol. The van der Waals surface area contributed by atoms with Crippen molar-refractivity contribution in [1.82, 2.24) is 4.98 Å². The Hall–Kier alpha value is -3.31. The number of aromatic nitrogens is 1. The topological polar surface area (TPSA) is 37.3 Å². The minimum Gasteiger partial charge on any atom is -0.253 e. The number of nitrogens with zero attached hydrogens (tertiary/aromatic N) is 2. The normalized spacial score (nSPS) is 11.0. The highest BCUT2D eigenvalue weighted by Gasteiger charge is 2.03. The van der Waals surface area contributed by atoms with E-state index < -0.39 is 0 Å². The van der Waals surface area contributed by atoms with Crippen molar-refractivity contribution in [2.75, 3.05) is 5.43 Å². The third kappa shape index (κ3) is 4.27. The molecule has 4 aromatic rings. The number of hydrogen-bond donors (Lipinski definition) is 1. The van der Waals surface area contributed by atoms with Crippen LogP contribution in [0, 0.1) is 5.82 Å². The van der Waals surface area contributed by atoms with Crippen LogP contribution in [0.3, 0.4) is 0 Å². The summed E-state index contributed by atoms with van der Waals surface area (Å²) in [5.74, 6) is -0.244. The van der Waals surface area contributed by atoms with E-state index in [0.29, 0.717) is 0 Å². The minimum atomic E-state index is -0.244. The van der Waals surface area contributed by atoms with Crippen LogP contribution in [-0.2, 0) is 0 Å². The molecule has 0 spiro atoms. The molecule has 0 amide bonds. The van der Waals surface area contributed by atoms with Crippen molar-refractivity contribution in [3.05, 3.63) is 95.6 Å². The van der Waals surface area contributed by atoms with Crippen LogP contribution in [0.1, 0.15) is 5.56 Å². The molecule has 0 fully saturated rings. The molecule has 1 aromatic heterocycles. The van der Waals surface area contributed by atoms with Crippen LogP contribution in [0.5, 0.6) is 0 Å². The summed E-state index contributed by atoms with van der Waals surface area (Å²) in [7, 11) is 0. The first-order valence-electron chi connectivity index (χ1n) is 8.44. The van der Waals surface area contributed by atoms with Gasteiger partial charge in [0.05, 0.1) is 11.9 Å². The first-order chi connectivity index (χ1) is 13.3. The van der Waals surface area contributed by atoms with Crippen molar-refractivity contribution in [3.8, 4) is 22.4 Å². The molecule has 4 rings (SSSR count). The standard InChI is InChI=1S/C22H16FN3S/c23-20-11-5-10-19(13-20)18-9-4-6-16(12-18)14-24-26-22-25-21(15-27-22)17-7-2-1-3-8-17/h1-15H,(H,25,26). The molecule has 0 aliphatic rings. The molecule has 132 valence electrons. The Labute approximate surface area is 160 Å². The highest BCUT2D eigenvalue weighted by molar-refractivity contribution is 7.14. The van der Waals surface area contributed by atoms with Crippen molar-refractivity contribution in [2.24, 2.45) is 5.10 Å². The Morgan fingerprint density at radius 1 is 0.852 bits per heavy atom. The Bertz CT molecular complexity index is 1070. The Morgan fingerprint density at radius 2 is 1.59 bits per heavy atom. The summed E-state index contributed by atoms with van der Waals surface area (Å²) in [5.41, 5.74) is 7.67. The quantitative estimate of drug-likeness (QED) is 0.341. The van der Waals surface area contributed by atoms with Gasteiger partial charge < -0.3 is 0 Å². The molecule has 0 bridgehead atoms. The van der Waals surface area contributed by atoms with Crippen molar-refractivity contribution >= 4 is 22.7 Å². The summed E-state index contributed by atoms with van der Waals surface area (Å²) in [4.78, 5) is 4.54. The summed E-state index contributed by atoms with van der Waals surface area (Å²) in [5, 5.41) is 7.00.